The molecule has 0 radical (unpaired) electrons. The number of nitrogens with zero attached hydrogens (tertiary/aromatic N) is 1. The highest BCUT2D eigenvalue weighted by atomic mass is 28.4. The van der Waals surface area contributed by atoms with E-state index in [2.05, 4.69) is 33.9 Å². The third-order valence-electron chi connectivity index (χ3n) is 5.26. The zero-order valence-corrected chi connectivity index (χ0v) is 16.9. The molecule has 2 rings (SSSR count). The van der Waals surface area contributed by atoms with Crippen LogP contribution in [0.15, 0.2) is 24.3 Å². The topological polar surface area (TPSA) is 38.8 Å². The van der Waals surface area contributed by atoms with E-state index in [-0.39, 0.29) is 17.0 Å². The molecule has 0 unspecified atom stereocenters. The fourth-order valence-electron chi connectivity index (χ4n) is 2.68. The van der Waals surface area contributed by atoms with Gasteiger partial charge < -0.3 is 14.1 Å². The third kappa shape index (κ3) is 4.60. The van der Waals surface area contributed by atoms with Gasteiger partial charge in [-0.3, -0.25) is 4.79 Å². The molecule has 1 amide bonds. The summed E-state index contributed by atoms with van der Waals surface area (Å²) < 4.78 is 11.7. The summed E-state index contributed by atoms with van der Waals surface area (Å²) in [4.78, 5) is 14.2. The first kappa shape index (κ1) is 19.0. The summed E-state index contributed by atoms with van der Waals surface area (Å²) in [5.41, 5.74) is 1.12. The number of ether oxygens (including phenoxy) is 1. The lowest BCUT2D eigenvalue weighted by molar-refractivity contribution is -0.137. The largest absolute Gasteiger partial charge is 0.497 e. The molecular formula is C19H31NO3Si. The summed E-state index contributed by atoms with van der Waals surface area (Å²) in [6.07, 6.45) is 1.57. The third-order valence-corrected chi connectivity index (χ3v) is 9.79. The normalized spacial score (nSPS) is 19.5. The SMILES string of the molecule is COc1ccc(CN2C[C@H](O[Si](C)(C)C(C)(C)C)CCC2=O)cc1. The average molecular weight is 350 g/mol. The van der Waals surface area contributed by atoms with Crippen molar-refractivity contribution in [3.63, 3.8) is 0 Å². The number of piperidine rings is 1. The summed E-state index contributed by atoms with van der Waals surface area (Å²) in [5.74, 6) is 1.06. The van der Waals surface area contributed by atoms with Gasteiger partial charge in [-0.2, -0.15) is 0 Å². The molecule has 134 valence electrons. The van der Waals surface area contributed by atoms with Gasteiger partial charge in [-0.15, -0.1) is 0 Å². The summed E-state index contributed by atoms with van der Waals surface area (Å²) in [7, 11) is -0.144. The van der Waals surface area contributed by atoms with E-state index in [1.165, 1.54) is 0 Å². The maximum atomic E-state index is 12.3. The van der Waals surface area contributed by atoms with Gasteiger partial charge in [0.25, 0.3) is 0 Å². The second-order valence-corrected chi connectivity index (χ2v) is 12.9. The molecule has 24 heavy (non-hydrogen) atoms. The Bertz CT molecular complexity index is 563. The predicted molar refractivity (Wildman–Crippen MR) is 99.7 cm³/mol. The van der Waals surface area contributed by atoms with Crippen LogP contribution in [0.1, 0.15) is 39.2 Å². The van der Waals surface area contributed by atoms with E-state index in [0.29, 0.717) is 19.5 Å². The van der Waals surface area contributed by atoms with Crippen molar-refractivity contribution in [2.24, 2.45) is 0 Å². The second-order valence-electron chi connectivity index (χ2n) is 8.16. The highest BCUT2D eigenvalue weighted by Gasteiger charge is 2.40. The molecule has 1 saturated heterocycles. The van der Waals surface area contributed by atoms with Crippen molar-refractivity contribution >= 4 is 14.2 Å². The van der Waals surface area contributed by atoms with Crippen LogP contribution in [0.5, 0.6) is 5.75 Å². The Morgan fingerprint density at radius 1 is 1.21 bits per heavy atom. The van der Waals surface area contributed by atoms with Crippen molar-refractivity contribution in [1.82, 2.24) is 4.90 Å². The van der Waals surface area contributed by atoms with E-state index in [9.17, 15) is 4.79 Å². The number of carbonyl (C=O) groups is 1. The molecule has 5 heteroatoms. The first-order valence-corrected chi connectivity index (χ1v) is 11.6. The zero-order valence-electron chi connectivity index (χ0n) is 15.9. The first-order chi connectivity index (χ1) is 11.1. The molecule has 0 bridgehead atoms. The van der Waals surface area contributed by atoms with Gasteiger partial charge in [0.2, 0.25) is 5.91 Å². The van der Waals surface area contributed by atoms with Crippen molar-refractivity contribution in [3.8, 4) is 5.75 Å². The minimum Gasteiger partial charge on any atom is -0.497 e. The molecule has 1 heterocycles. The molecule has 0 saturated carbocycles. The van der Waals surface area contributed by atoms with E-state index in [1.807, 2.05) is 29.2 Å². The molecule has 0 aliphatic carbocycles. The number of carbonyl (C=O) groups excluding carboxylic acids is 1. The Labute approximate surface area is 147 Å². The maximum Gasteiger partial charge on any atom is 0.223 e. The van der Waals surface area contributed by atoms with Crippen LogP contribution >= 0.6 is 0 Å². The zero-order chi connectivity index (χ0) is 18.0. The van der Waals surface area contributed by atoms with Crippen LogP contribution in [0, 0.1) is 0 Å². The summed E-state index contributed by atoms with van der Waals surface area (Å²) in [6.45, 7) is 12.6. The second kappa shape index (κ2) is 7.27. The molecule has 1 aromatic rings. The molecule has 1 atom stereocenters. The average Bonchev–Trinajstić information content (AvgIpc) is 2.50. The van der Waals surface area contributed by atoms with Gasteiger partial charge in [0.05, 0.1) is 13.2 Å². The predicted octanol–water partition coefficient (Wildman–Crippen LogP) is 4.21. The van der Waals surface area contributed by atoms with Crippen molar-refractivity contribution in [2.45, 2.75) is 64.4 Å². The minimum absolute atomic E-state index is 0.154. The van der Waals surface area contributed by atoms with Crippen LogP contribution in [0.25, 0.3) is 0 Å². The Morgan fingerprint density at radius 3 is 2.38 bits per heavy atom. The van der Waals surface area contributed by atoms with Crippen LogP contribution in [0.2, 0.25) is 18.1 Å². The van der Waals surface area contributed by atoms with Crippen molar-refractivity contribution in [1.29, 1.82) is 0 Å². The molecule has 4 nitrogen and oxygen atoms in total. The Kier molecular flexibility index (Phi) is 5.76. The molecule has 0 spiro atoms. The van der Waals surface area contributed by atoms with E-state index in [1.54, 1.807) is 7.11 Å². The van der Waals surface area contributed by atoms with Crippen LogP contribution < -0.4 is 4.74 Å². The first-order valence-electron chi connectivity index (χ1n) is 8.71. The summed E-state index contributed by atoms with van der Waals surface area (Å²) in [6, 6.07) is 7.91. The maximum absolute atomic E-state index is 12.3. The van der Waals surface area contributed by atoms with Gasteiger partial charge in [0.1, 0.15) is 5.75 Å². The number of hydrogen-bond donors (Lipinski definition) is 0. The van der Waals surface area contributed by atoms with Crippen molar-refractivity contribution in [2.75, 3.05) is 13.7 Å². The summed E-state index contributed by atoms with van der Waals surface area (Å²) in [5, 5.41) is 0.190. The van der Waals surface area contributed by atoms with Gasteiger partial charge in [-0.05, 0) is 42.2 Å². The number of amides is 1. The molecular weight excluding hydrogens is 318 g/mol. The number of rotatable bonds is 5. The standard InChI is InChI=1S/C19H31NO3Si/c1-19(2,3)24(5,6)23-17-11-12-18(21)20(14-17)13-15-7-9-16(22-4)10-8-15/h7-10,17H,11-14H2,1-6H3/t17-/m1/s1. The lowest BCUT2D eigenvalue weighted by Crippen LogP contribution is -2.50. The van der Waals surface area contributed by atoms with Crippen LogP contribution in [0.3, 0.4) is 0 Å². The highest BCUT2D eigenvalue weighted by molar-refractivity contribution is 6.74. The number of benzene rings is 1. The molecule has 0 N–H and O–H groups in total. The van der Waals surface area contributed by atoms with Gasteiger partial charge in [0.15, 0.2) is 8.32 Å². The van der Waals surface area contributed by atoms with E-state index < -0.39 is 8.32 Å². The minimum atomic E-state index is -1.80. The number of likely N-dealkylation sites (tertiary alicyclic amines) is 1. The Morgan fingerprint density at radius 2 is 1.83 bits per heavy atom. The summed E-state index contributed by atoms with van der Waals surface area (Å²) >= 11 is 0. The lowest BCUT2D eigenvalue weighted by Gasteiger charge is -2.42. The lowest BCUT2D eigenvalue weighted by atomic mass is 10.1. The van der Waals surface area contributed by atoms with Crippen molar-refractivity contribution in [3.05, 3.63) is 29.8 Å². The van der Waals surface area contributed by atoms with Gasteiger partial charge >= 0.3 is 0 Å². The monoisotopic (exact) mass is 349 g/mol. The van der Waals surface area contributed by atoms with Crippen LogP contribution in [-0.2, 0) is 15.8 Å². The van der Waals surface area contributed by atoms with Crippen molar-refractivity contribution < 1.29 is 14.0 Å². The van der Waals surface area contributed by atoms with E-state index in [4.69, 9.17) is 9.16 Å². The molecule has 1 aliphatic rings. The van der Waals surface area contributed by atoms with Gasteiger partial charge in [-0.25, -0.2) is 0 Å². The molecule has 1 aliphatic heterocycles. The van der Waals surface area contributed by atoms with Crippen LogP contribution in [-0.4, -0.2) is 38.9 Å². The van der Waals surface area contributed by atoms with Crippen LogP contribution in [0.4, 0.5) is 0 Å². The number of hydrogen-bond acceptors (Lipinski definition) is 3. The molecule has 1 aromatic carbocycles. The smallest absolute Gasteiger partial charge is 0.223 e. The van der Waals surface area contributed by atoms with E-state index in [0.717, 1.165) is 17.7 Å². The Balaban J connectivity index is 2.01. The van der Waals surface area contributed by atoms with Gasteiger partial charge in [0, 0.05) is 19.5 Å². The number of methoxy groups -OCH3 is 1. The molecule has 1 fully saturated rings. The fourth-order valence-corrected chi connectivity index (χ4v) is 4.05. The van der Waals surface area contributed by atoms with E-state index >= 15 is 0 Å². The quantitative estimate of drug-likeness (QED) is 0.748. The Hall–Kier alpha value is -1.33. The van der Waals surface area contributed by atoms with Gasteiger partial charge in [-0.1, -0.05) is 32.9 Å². The highest BCUT2D eigenvalue weighted by Crippen LogP contribution is 2.38. The fraction of sp³-hybridized carbons (Fsp3) is 0.632. The molecule has 0 aromatic heterocycles.